The van der Waals surface area contributed by atoms with E-state index in [1.807, 2.05) is 13.8 Å². The van der Waals surface area contributed by atoms with Crippen molar-refractivity contribution < 1.29 is 22.7 Å². The van der Waals surface area contributed by atoms with Crippen LogP contribution in [0.5, 0.6) is 0 Å². The molecule has 0 N–H and O–H groups in total. The van der Waals surface area contributed by atoms with Gasteiger partial charge < -0.3 is 14.5 Å². The summed E-state index contributed by atoms with van der Waals surface area (Å²) in [5.74, 6) is 0.0459. The van der Waals surface area contributed by atoms with Crippen molar-refractivity contribution in [2.24, 2.45) is 5.92 Å². The zero-order chi connectivity index (χ0) is 21.0. The first-order valence-electron chi connectivity index (χ1n) is 10.1. The Morgan fingerprint density at radius 1 is 1.00 bits per heavy atom. The SMILES string of the molecule is CC(C)COC(=O)N1CCN(C(=O)c2cccc(S(=O)(=O)N3CCCC3)c2)CC1. The van der Waals surface area contributed by atoms with Gasteiger partial charge in [0, 0.05) is 44.8 Å². The fraction of sp³-hybridized carbons (Fsp3) is 0.600. The van der Waals surface area contributed by atoms with Gasteiger partial charge in [0.1, 0.15) is 0 Å². The summed E-state index contributed by atoms with van der Waals surface area (Å²) in [6.45, 7) is 6.94. The van der Waals surface area contributed by atoms with E-state index >= 15 is 0 Å². The molecule has 8 nitrogen and oxygen atoms in total. The fourth-order valence-electron chi connectivity index (χ4n) is 3.47. The van der Waals surface area contributed by atoms with Crippen LogP contribution in [0.4, 0.5) is 4.79 Å². The van der Waals surface area contributed by atoms with Gasteiger partial charge in [0.05, 0.1) is 11.5 Å². The molecule has 0 saturated carbocycles. The Labute approximate surface area is 172 Å². The van der Waals surface area contributed by atoms with Crippen molar-refractivity contribution in [3.05, 3.63) is 29.8 Å². The Balaban J connectivity index is 1.62. The Morgan fingerprint density at radius 3 is 2.24 bits per heavy atom. The van der Waals surface area contributed by atoms with E-state index in [0.717, 1.165) is 12.8 Å². The molecule has 0 unspecified atom stereocenters. The molecular formula is C20H29N3O5S. The van der Waals surface area contributed by atoms with E-state index in [2.05, 4.69) is 0 Å². The predicted octanol–water partition coefficient (Wildman–Crippen LogP) is 2.02. The van der Waals surface area contributed by atoms with Gasteiger partial charge in [0.15, 0.2) is 0 Å². The van der Waals surface area contributed by atoms with Gasteiger partial charge in [-0.15, -0.1) is 0 Å². The standard InChI is InChI=1S/C20H29N3O5S/c1-16(2)15-28-20(25)22-12-10-21(11-13-22)19(24)17-6-5-7-18(14-17)29(26,27)23-8-3-4-9-23/h5-7,14,16H,3-4,8-13,15H2,1-2H3. The molecule has 2 fully saturated rings. The summed E-state index contributed by atoms with van der Waals surface area (Å²) >= 11 is 0. The average Bonchev–Trinajstić information content (AvgIpc) is 3.27. The molecule has 2 aliphatic rings. The molecule has 160 valence electrons. The van der Waals surface area contributed by atoms with E-state index in [1.165, 1.54) is 16.4 Å². The molecule has 1 aromatic rings. The zero-order valence-electron chi connectivity index (χ0n) is 17.0. The number of sulfonamides is 1. The van der Waals surface area contributed by atoms with Gasteiger partial charge in [-0.05, 0) is 37.0 Å². The van der Waals surface area contributed by atoms with Crippen LogP contribution in [0.25, 0.3) is 0 Å². The maximum absolute atomic E-state index is 12.9. The first kappa shape index (κ1) is 21.6. The van der Waals surface area contributed by atoms with E-state index < -0.39 is 10.0 Å². The molecular weight excluding hydrogens is 394 g/mol. The van der Waals surface area contributed by atoms with Crippen LogP contribution in [-0.4, -0.2) is 80.4 Å². The summed E-state index contributed by atoms with van der Waals surface area (Å²) in [6, 6.07) is 6.23. The second-order valence-corrected chi connectivity index (χ2v) is 9.83. The molecule has 3 rings (SSSR count). The normalized spacial score (nSPS) is 18.3. The molecule has 9 heteroatoms. The van der Waals surface area contributed by atoms with Crippen molar-refractivity contribution in [1.29, 1.82) is 0 Å². The average molecular weight is 424 g/mol. The van der Waals surface area contributed by atoms with Crippen LogP contribution in [-0.2, 0) is 14.8 Å². The number of hydrogen-bond donors (Lipinski definition) is 0. The van der Waals surface area contributed by atoms with E-state index in [0.29, 0.717) is 51.4 Å². The van der Waals surface area contributed by atoms with Crippen LogP contribution in [0.15, 0.2) is 29.2 Å². The Kier molecular flexibility index (Phi) is 6.79. The number of amides is 2. The van der Waals surface area contributed by atoms with Crippen molar-refractivity contribution in [2.45, 2.75) is 31.6 Å². The third-order valence-electron chi connectivity index (χ3n) is 5.15. The number of ether oxygens (including phenoxy) is 1. The molecule has 2 aliphatic heterocycles. The second kappa shape index (κ2) is 9.13. The lowest BCUT2D eigenvalue weighted by atomic mass is 10.2. The van der Waals surface area contributed by atoms with Crippen LogP contribution in [0.1, 0.15) is 37.0 Å². The Bertz CT molecular complexity index is 841. The summed E-state index contributed by atoms with van der Waals surface area (Å²) in [4.78, 5) is 28.3. The lowest BCUT2D eigenvalue weighted by Gasteiger charge is -2.34. The topological polar surface area (TPSA) is 87.2 Å². The van der Waals surface area contributed by atoms with Gasteiger partial charge in [-0.2, -0.15) is 4.31 Å². The third-order valence-corrected chi connectivity index (χ3v) is 7.04. The van der Waals surface area contributed by atoms with Crippen molar-refractivity contribution in [3.8, 4) is 0 Å². The van der Waals surface area contributed by atoms with Crippen molar-refractivity contribution in [2.75, 3.05) is 45.9 Å². The number of rotatable bonds is 5. The summed E-state index contributed by atoms with van der Waals surface area (Å²) in [5.41, 5.74) is 0.348. The van der Waals surface area contributed by atoms with Gasteiger partial charge in [0.2, 0.25) is 10.0 Å². The fourth-order valence-corrected chi connectivity index (χ4v) is 5.03. The quantitative estimate of drug-likeness (QED) is 0.723. The van der Waals surface area contributed by atoms with E-state index in [1.54, 1.807) is 21.9 Å². The van der Waals surface area contributed by atoms with Crippen molar-refractivity contribution in [3.63, 3.8) is 0 Å². The van der Waals surface area contributed by atoms with Crippen LogP contribution >= 0.6 is 0 Å². The first-order chi connectivity index (χ1) is 13.8. The van der Waals surface area contributed by atoms with Crippen LogP contribution in [0, 0.1) is 5.92 Å². The number of carbonyl (C=O) groups excluding carboxylic acids is 2. The molecule has 0 spiro atoms. The minimum atomic E-state index is -3.57. The minimum absolute atomic E-state index is 0.154. The Hall–Kier alpha value is -2.13. The molecule has 2 amide bonds. The zero-order valence-corrected chi connectivity index (χ0v) is 17.9. The highest BCUT2D eigenvalue weighted by molar-refractivity contribution is 7.89. The lowest BCUT2D eigenvalue weighted by molar-refractivity contribution is 0.0535. The molecule has 0 radical (unpaired) electrons. The van der Waals surface area contributed by atoms with Gasteiger partial charge in [-0.25, -0.2) is 13.2 Å². The first-order valence-corrected chi connectivity index (χ1v) is 11.5. The van der Waals surface area contributed by atoms with E-state index in [-0.39, 0.29) is 22.8 Å². The van der Waals surface area contributed by atoms with Gasteiger partial charge in [0.25, 0.3) is 5.91 Å². The smallest absolute Gasteiger partial charge is 0.409 e. The highest BCUT2D eigenvalue weighted by atomic mass is 32.2. The largest absolute Gasteiger partial charge is 0.449 e. The predicted molar refractivity (Wildman–Crippen MR) is 108 cm³/mol. The maximum atomic E-state index is 12.9. The van der Waals surface area contributed by atoms with Crippen molar-refractivity contribution >= 4 is 22.0 Å². The highest BCUT2D eigenvalue weighted by Gasteiger charge is 2.29. The summed E-state index contributed by atoms with van der Waals surface area (Å²) in [6.07, 6.45) is 1.37. The summed E-state index contributed by atoms with van der Waals surface area (Å²) in [7, 11) is -3.57. The number of hydrogen-bond acceptors (Lipinski definition) is 5. The molecule has 2 heterocycles. The van der Waals surface area contributed by atoms with Gasteiger partial charge in [-0.3, -0.25) is 4.79 Å². The number of piperazine rings is 1. The van der Waals surface area contributed by atoms with Crippen LogP contribution < -0.4 is 0 Å². The monoisotopic (exact) mass is 423 g/mol. The molecule has 0 aromatic heterocycles. The molecule has 29 heavy (non-hydrogen) atoms. The number of benzene rings is 1. The van der Waals surface area contributed by atoms with Crippen LogP contribution in [0.2, 0.25) is 0 Å². The van der Waals surface area contributed by atoms with E-state index in [9.17, 15) is 18.0 Å². The highest BCUT2D eigenvalue weighted by Crippen LogP contribution is 2.22. The van der Waals surface area contributed by atoms with Gasteiger partial charge in [-0.1, -0.05) is 19.9 Å². The molecule has 0 bridgehead atoms. The molecule has 0 aliphatic carbocycles. The maximum Gasteiger partial charge on any atom is 0.409 e. The molecule has 2 saturated heterocycles. The number of nitrogens with zero attached hydrogens (tertiary/aromatic N) is 3. The second-order valence-electron chi connectivity index (χ2n) is 7.89. The number of carbonyl (C=O) groups is 2. The Morgan fingerprint density at radius 2 is 1.62 bits per heavy atom. The molecule has 1 aromatic carbocycles. The van der Waals surface area contributed by atoms with E-state index in [4.69, 9.17) is 4.74 Å². The van der Waals surface area contributed by atoms with Gasteiger partial charge >= 0.3 is 6.09 Å². The summed E-state index contributed by atoms with van der Waals surface area (Å²) in [5, 5.41) is 0. The lowest BCUT2D eigenvalue weighted by Crippen LogP contribution is -2.50. The third kappa shape index (κ3) is 5.08. The minimum Gasteiger partial charge on any atom is -0.449 e. The summed E-state index contributed by atoms with van der Waals surface area (Å²) < 4.78 is 32.2. The van der Waals surface area contributed by atoms with Crippen molar-refractivity contribution in [1.82, 2.24) is 14.1 Å². The van der Waals surface area contributed by atoms with Crippen LogP contribution in [0.3, 0.4) is 0 Å². The molecule has 0 atom stereocenters.